The molecule has 14 heavy (non-hydrogen) atoms. The third-order valence-corrected chi connectivity index (χ3v) is 2.73. The SMILES string of the molecule is CCCC(C)C(CC(C)(C)C)NCC. The molecule has 0 aliphatic rings. The van der Waals surface area contributed by atoms with Crippen molar-refractivity contribution in [2.45, 2.75) is 66.8 Å². The van der Waals surface area contributed by atoms with Crippen molar-refractivity contribution in [1.82, 2.24) is 5.32 Å². The van der Waals surface area contributed by atoms with Gasteiger partial charge in [-0.2, -0.15) is 0 Å². The first-order valence-electron chi connectivity index (χ1n) is 6.14. The molecule has 0 spiro atoms. The highest BCUT2D eigenvalue weighted by atomic mass is 14.9. The molecule has 2 atom stereocenters. The molecule has 0 amide bonds. The Morgan fingerprint density at radius 2 is 1.71 bits per heavy atom. The van der Waals surface area contributed by atoms with Crippen LogP contribution in [-0.2, 0) is 0 Å². The average Bonchev–Trinajstić information content (AvgIpc) is 2.01. The molecule has 1 heteroatoms. The van der Waals surface area contributed by atoms with E-state index in [1.807, 2.05) is 0 Å². The van der Waals surface area contributed by atoms with Gasteiger partial charge >= 0.3 is 0 Å². The molecule has 0 aromatic carbocycles. The summed E-state index contributed by atoms with van der Waals surface area (Å²) in [6, 6.07) is 0.694. The second-order valence-corrected chi connectivity index (χ2v) is 5.69. The number of hydrogen-bond donors (Lipinski definition) is 1. The highest BCUT2D eigenvalue weighted by Crippen LogP contribution is 2.25. The minimum absolute atomic E-state index is 0.439. The first-order chi connectivity index (χ1) is 6.40. The Balaban J connectivity index is 4.13. The van der Waals surface area contributed by atoms with Gasteiger partial charge in [0.1, 0.15) is 0 Å². The molecule has 0 aliphatic carbocycles. The van der Waals surface area contributed by atoms with Gasteiger partial charge in [0.15, 0.2) is 0 Å². The molecule has 0 heterocycles. The summed E-state index contributed by atoms with van der Waals surface area (Å²) in [6.07, 6.45) is 3.92. The van der Waals surface area contributed by atoms with Crippen molar-refractivity contribution in [2.75, 3.05) is 6.54 Å². The fraction of sp³-hybridized carbons (Fsp3) is 1.00. The van der Waals surface area contributed by atoms with Crippen molar-refractivity contribution in [2.24, 2.45) is 11.3 Å². The van der Waals surface area contributed by atoms with Crippen LogP contribution in [-0.4, -0.2) is 12.6 Å². The third-order valence-electron chi connectivity index (χ3n) is 2.73. The fourth-order valence-electron chi connectivity index (χ4n) is 2.05. The third kappa shape index (κ3) is 6.42. The summed E-state index contributed by atoms with van der Waals surface area (Å²) in [7, 11) is 0. The van der Waals surface area contributed by atoms with E-state index in [-0.39, 0.29) is 0 Å². The van der Waals surface area contributed by atoms with Gasteiger partial charge < -0.3 is 5.32 Å². The van der Waals surface area contributed by atoms with Crippen molar-refractivity contribution in [3.63, 3.8) is 0 Å². The molecule has 0 saturated heterocycles. The van der Waals surface area contributed by atoms with Crippen LogP contribution in [0.15, 0.2) is 0 Å². The van der Waals surface area contributed by atoms with Gasteiger partial charge in [0.05, 0.1) is 0 Å². The van der Waals surface area contributed by atoms with Gasteiger partial charge in [0.2, 0.25) is 0 Å². The van der Waals surface area contributed by atoms with Gasteiger partial charge in [0, 0.05) is 6.04 Å². The summed E-state index contributed by atoms with van der Waals surface area (Å²) < 4.78 is 0. The predicted molar refractivity (Wildman–Crippen MR) is 65.6 cm³/mol. The topological polar surface area (TPSA) is 12.0 Å². The Morgan fingerprint density at radius 1 is 1.14 bits per heavy atom. The van der Waals surface area contributed by atoms with E-state index in [9.17, 15) is 0 Å². The summed E-state index contributed by atoms with van der Waals surface area (Å²) in [5, 5.41) is 3.62. The van der Waals surface area contributed by atoms with Gasteiger partial charge in [-0.25, -0.2) is 0 Å². The van der Waals surface area contributed by atoms with Gasteiger partial charge in [-0.3, -0.25) is 0 Å². The Kier molecular flexibility index (Phi) is 6.43. The molecule has 0 aromatic rings. The zero-order chi connectivity index (χ0) is 11.2. The maximum atomic E-state index is 3.62. The first-order valence-corrected chi connectivity index (χ1v) is 6.14. The van der Waals surface area contributed by atoms with Gasteiger partial charge in [-0.15, -0.1) is 0 Å². The second-order valence-electron chi connectivity index (χ2n) is 5.69. The highest BCUT2D eigenvalue weighted by molar-refractivity contribution is 4.78. The van der Waals surface area contributed by atoms with Crippen molar-refractivity contribution in [3.8, 4) is 0 Å². The van der Waals surface area contributed by atoms with E-state index in [0.29, 0.717) is 11.5 Å². The predicted octanol–water partition coefficient (Wildman–Crippen LogP) is 3.84. The first kappa shape index (κ1) is 14.0. The lowest BCUT2D eigenvalue weighted by Gasteiger charge is -2.31. The molecule has 0 saturated carbocycles. The van der Waals surface area contributed by atoms with Crippen molar-refractivity contribution in [1.29, 1.82) is 0 Å². The van der Waals surface area contributed by atoms with Crippen molar-refractivity contribution >= 4 is 0 Å². The normalized spacial score (nSPS) is 16.7. The Hall–Kier alpha value is -0.0400. The van der Waals surface area contributed by atoms with Crippen molar-refractivity contribution in [3.05, 3.63) is 0 Å². The standard InChI is InChI=1S/C13H29N/c1-7-9-11(3)12(14-8-2)10-13(4,5)6/h11-12,14H,7-10H2,1-6H3. The van der Waals surface area contributed by atoms with E-state index in [1.165, 1.54) is 19.3 Å². The summed E-state index contributed by atoms with van der Waals surface area (Å²) in [5.41, 5.74) is 0.439. The zero-order valence-corrected chi connectivity index (χ0v) is 11.0. The van der Waals surface area contributed by atoms with E-state index >= 15 is 0 Å². The van der Waals surface area contributed by atoms with Crippen LogP contribution >= 0.6 is 0 Å². The molecule has 0 rings (SSSR count). The second kappa shape index (κ2) is 6.44. The molecular formula is C13H29N. The van der Waals surface area contributed by atoms with Gasteiger partial charge in [-0.1, -0.05) is 48.0 Å². The maximum Gasteiger partial charge on any atom is 0.00975 e. The Labute approximate surface area is 90.7 Å². The van der Waals surface area contributed by atoms with E-state index in [4.69, 9.17) is 0 Å². The van der Waals surface area contributed by atoms with Crippen LogP contribution in [0.4, 0.5) is 0 Å². The lowest BCUT2D eigenvalue weighted by Crippen LogP contribution is -2.38. The van der Waals surface area contributed by atoms with E-state index in [1.54, 1.807) is 0 Å². The maximum absolute atomic E-state index is 3.62. The molecule has 2 unspecified atom stereocenters. The van der Waals surface area contributed by atoms with E-state index < -0.39 is 0 Å². The molecule has 0 fully saturated rings. The Bertz CT molecular complexity index is 135. The van der Waals surface area contributed by atoms with Gasteiger partial charge in [0.25, 0.3) is 0 Å². The smallest absolute Gasteiger partial charge is 0.00975 e. The van der Waals surface area contributed by atoms with E-state index in [0.717, 1.165) is 12.5 Å². The monoisotopic (exact) mass is 199 g/mol. The lowest BCUT2D eigenvalue weighted by atomic mass is 9.82. The van der Waals surface area contributed by atoms with Crippen LogP contribution < -0.4 is 5.32 Å². The molecule has 0 radical (unpaired) electrons. The molecular weight excluding hydrogens is 170 g/mol. The number of nitrogens with one attached hydrogen (secondary N) is 1. The van der Waals surface area contributed by atoms with Crippen LogP contribution in [0.1, 0.15) is 60.8 Å². The minimum Gasteiger partial charge on any atom is -0.314 e. The summed E-state index contributed by atoms with van der Waals surface area (Å²) in [5.74, 6) is 0.805. The quantitative estimate of drug-likeness (QED) is 0.685. The molecule has 0 aliphatic heterocycles. The summed E-state index contributed by atoms with van der Waals surface area (Å²) >= 11 is 0. The summed E-state index contributed by atoms with van der Waals surface area (Å²) in [4.78, 5) is 0. The van der Waals surface area contributed by atoms with Crippen LogP contribution in [0.2, 0.25) is 0 Å². The lowest BCUT2D eigenvalue weighted by molar-refractivity contribution is 0.249. The fourth-order valence-corrected chi connectivity index (χ4v) is 2.05. The minimum atomic E-state index is 0.439. The van der Waals surface area contributed by atoms with E-state index in [2.05, 4.69) is 46.9 Å². The Morgan fingerprint density at radius 3 is 2.07 bits per heavy atom. The average molecular weight is 199 g/mol. The number of rotatable bonds is 6. The zero-order valence-electron chi connectivity index (χ0n) is 11.0. The molecule has 0 bridgehead atoms. The highest BCUT2D eigenvalue weighted by Gasteiger charge is 2.22. The summed E-state index contributed by atoms with van der Waals surface area (Å²) in [6.45, 7) is 14.9. The molecule has 1 nitrogen and oxygen atoms in total. The largest absolute Gasteiger partial charge is 0.314 e. The molecule has 86 valence electrons. The number of hydrogen-bond acceptors (Lipinski definition) is 1. The van der Waals surface area contributed by atoms with Crippen LogP contribution in [0.5, 0.6) is 0 Å². The van der Waals surface area contributed by atoms with Crippen LogP contribution in [0.3, 0.4) is 0 Å². The van der Waals surface area contributed by atoms with Crippen LogP contribution in [0.25, 0.3) is 0 Å². The molecule has 1 N–H and O–H groups in total. The van der Waals surface area contributed by atoms with Crippen molar-refractivity contribution < 1.29 is 0 Å². The van der Waals surface area contributed by atoms with Crippen LogP contribution in [0, 0.1) is 11.3 Å². The molecule has 0 aromatic heterocycles. The van der Waals surface area contributed by atoms with Gasteiger partial charge in [-0.05, 0) is 30.7 Å².